The third-order valence-corrected chi connectivity index (χ3v) is 8.92. The summed E-state index contributed by atoms with van der Waals surface area (Å²) in [6, 6.07) is 22.2. The molecule has 36 heavy (non-hydrogen) atoms. The summed E-state index contributed by atoms with van der Waals surface area (Å²) in [6.07, 6.45) is 15.8. The van der Waals surface area contributed by atoms with Crippen molar-refractivity contribution in [3.63, 3.8) is 0 Å². The van der Waals surface area contributed by atoms with E-state index >= 15 is 0 Å². The Bertz CT molecular complexity index is 1140. The molecule has 0 saturated heterocycles. The van der Waals surface area contributed by atoms with E-state index < -0.39 is 0 Å². The van der Waals surface area contributed by atoms with Gasteiger partial charge in [0.25, 0.3) is 0 Å². The number of hydrogen-bond donors (Lipinski definition) is 0. The Kier molecular flexibility index (Phi) is 8.05. The van der Waals surface area contributed by atoms with Crippen LogP contribution in [0.25, 0.3) is 5.57 Å². The lowest BCUT2D eigenvalue weighted by Gasteiger charge is -2.36. The molecule has 2 aromatic rings. The fourth-order valence-electron chi connectivity index (χ4n) is 6.88. The van der Waals surface area contributed by atoms with Crippen LogP contribution in [0.2, 0.25) is 0 Å². The van der Waals surface area contributed by atoms with Gasteiger partial charge in [-0.25, -0.2) is 0 Å². The van der Waals surface area contributed by atoms with E-state index in [1.807, 2.05) is 0 Å². The second-order valence-corrected chi connectivity index (χ2v) is 11.5. The lowest BCUT2D eigenvalue weighted by molar-refractivity contribution is -0.113. The zero-order valence-corrected chi connectivity index (χ0v) is 22.3. The maximum Gasteiger partial charge on any atom is 0.156 e. The topological polar surface area (TPSA) is 17.1 Å². The van der Waals surface area contributed by atoms with Crippen LogP contribution in [-0.4, -0.2) is 5.78 Å². The monoisotopic (exact) mass is 478 g/mol. The van der Waals surface area contributed by atoms with Gasteiger partial charge in [-0.1, -0.05) is 99.3 Å². The van der Waals surface area contributed by atoms with Gasteiger partial charge in [0.1, 0.15) is 0 Å². The largest absolute Gasteiger partial charge is 0.295 e. The van der Waals surface area contributed by atoms with Crippen LogP contribution in [0.1, 0.15) is 89.2 Å². The minimum Gasteiger partial charge on any atom is -0.295 e. The third kappa shape index (κ3) is 5.66. The predicted molar refractivity (Wildman–Crippen MR) is 152 cm³/mol. The van der Waals surface area contributed by atoms with Crippen LogP contribution in [0.15, 0.2) is 89.0 Å². The average molecular weight is 479 g/mol. The van der Waals surface area contributed by atoms with Crippen molar-refractivity contribution in [2.75, 3.05) is 0 Å². The van der Waals surface area contributed by atoms with E-state index in [0.29, 0.717) is 17.8 Å². The van der Waals surface area contributed by atoms with Gasteiger partial charge < -0.3 is 0 Å². The molecule has 0 spiro atoms. The molecule has 2 atom stereocenters. The first-order chi connectivity index (χ1) is 17.6. The molecule has 0 radical (unpaired) electrons. The lowest BCUT2D eigenvalue weighted by atomic mass is 9.68. The van der Waals surface area contributed by atoms with Gasteiger partial charge >= 0.3 is 0 Å². The van der Waals surface area contributed by atoms with Crippen molar-refractivity contribution in [3.05, 3.63) is 100 Å². The molecule has 2 unspecified atom stereocenters. The summed E-state index contributed by atoms with van der Waals surface area (Å²) in [5.41, 5.74) is 10.1. The molecule has 1 nitrogen and oxygen atoms in total. The number of benzene rings is 2. The van der Waals surface area contributed by atoms with Gasteiger partial charge in [-0.15, -0.1) is 0 Å². The predicted octanol–water partition coefficient (Wildman–Crippen LogP) is 9.31. The molecule has 3 aliphatic carbocycles. The molecule has 0 amide bonds. The molecule has 0 bridgehead atoms. The fourth-order valence-corrected chi connectivity index (χ4v) is 6.88. The molecule has 1 saturated carbocycles. The van der Waals surface area contributed by atoms with Gasteiger partial charge in [0.2, 0.25) is 0 Å². The summed E-state index contributed by atoms with van der Waals surface area (Å²) < 4.78 is 0. The summed E-state index contributed by atoms with van der Waals surface area (Å²) in [4.78, 5) is 12.4. The summed E-state index contributed by atoms with van der Waals surface area (Å²) in [5.74, 6) is 2.16. The highest BCUT2D eigenvalue weighted by Gasteiger charge is 2.36. The second-order valence-electron chi connectivity index (χ2n) is 11.5. The Labute approximate surface area is 218 Å². The molecule has 0 heterocycles. The molecule has 5 rings (SSSR count). The van der Waals surface area contributed by atoms with Crippen molar-refractivity contribution >= 4 is 11.4 Å². The van der Waals surface area contributed by atoms with E-state index in [0.717, 1.165) is 18.4 Å². The Balaban J connectivity index is 1.43. The molecular weight excluding hydrogens is 436 g/mol. The highest BCUT2D eigenvalue weighted by Crippen LogP contribution is 2.52. The van der Waals surface area contributed by atoms with Crippen LogP contribution >= 0.6 is 0 Å². The molecule has 0 aromatic heterocycles. The highest BCUT2D eigenvalue weighted by atomic mass is 16.1. The molecule has 2 aromatic carbocycles. The van der Waals surface area contributed by atoms with Crippen LogP contribution < -0.4 is 0 Å². The first kappa shape index (κ1) is 25.0. The first-order valence-electron chi connectivity index (χ1n) is 14.4. The molecule has 1 fully saturated rings. The standard InChI is InChI=1S/C35H42O/c1-25(18-20-27-12-6-3-7-13-27)19-21-30-22-32-23-31(26(2)36)24-33(32)35(29-16-10-5-11-17-29)34(30)28-14-8-4-9-15-28/h3-4,6-9,12-15,23,25,29-30H,5,10-11,16-22,24H2,1-2H3. The number of aryl methyl sites for hydroxylation is 1. The van der Waals surface area contributed by atoms with E-state index in [2.05, 4.69) is 73.7 Å². The zero-order valence-electron chi connectivity index (χ0n) is 22.3. The molecule has 3 aliphatic rings. The molecule has 0 N–H and O–H groups in total. The minimum absolute atomic E-state index is 0.250. The van der Waals surface area contributed by atoms with Crippen molar-refractivity contribution < 1.29 is 4.79 Å². The van der Waals surface area contributed by atoms with Crippen molar-refractivity contribution in [1.82, 2.24) is 0 Å². The van der Waals surface area contributed by atoms with Crippen LogP contribution in [0.3, 0.4) is 0 Å². The number of Topliss-reactive ketones (excluding diaryl/α,β-unsaturated/α-hetero) is 1. The fraction of sp³-hybridized carbons (Fsp3) is 0.457. The Morgan fingerprint density at radius 1 is 0.889 bits per heavy atom. The van der Waals surface area contributed by atoms with Crippen molar-refractivity contribution in [2.24, 2.45) is 17.8 Å². The van der Waals surface area contributed by atoms with E-state index in [9.17, 15) is 4.79 Å². The van der Waals surface area contributed by atoms with Crippen molar-refractivity contribution in [2.45, 2.75) is 84.5 Å². The van der Waals surface area contributed by atoms with E-state index in [4.69, 9.17) is 0 Å². The molecule has 188 valence electrons. The van der Waals surface area contributed by atoms with E-state index in [1.165, 1.54) is 80.1 Å². The van der Waals surface area contributed by atoms with Gasteiger partial charge in [0, 0.05) is 6.42 Å². The molecule has 1 heteroatoms. The number of hydrogen-bond acceptors (Lipinski definition) is 1. The summed E-state index contributed by atoms with van der Waals surface area (Å²) in [5, 5.41) is 0. The SMILES string of the molecule is CC(=O)C1=CC2=C(C1)C(C1CCCCC1)=C(c1ccccc1)C(CCC(C)CCc1ccccc1)C2. The van der Waals surface area contributed by atoms with Crippen molar-refractivity contribution in [1.29, 1.82) is 0 Å². The van der Waals surface area contributed by atoms with Gasteiger partial charge in [-0.05, 0) is 102 Å². The Morgan fingerprint density at radius 3 is 2.28 bits per heavy atom. The Morgan fingerprint density at radius 2 is 1.58 bits per heavy atom. The van der Waals surface area contributed by atoms with Crippen molar-refractivity contribution in [3.8, 4) is 0 Å². The quantitative estimate of drug-likeness (QED) is 0.351. The smallest absolute Gasteiger partial charge is 0.156 e. The average Bonchev–Trinajstić information content (AvgIpc) is 3.36. The van der Waals surface area contributed by atoms with Gasteiger partial charge in [0.15, 0.2) is 5.78 Å². The van der Waals surface area contributed by atoms with Gasteiger partial charge in [-0.2, -0.15) is 0 Å². The normalized spacial score (nSPS) is 21.4. The van der Waals surface area contributed by atoms with Gasteiger partial charge in [-0.3, -0.25) is 4.79 Å². The number of carbonyl (C=O) groups excluding carboxylic acids is 1. The second kappa shape index (κ2) is 11.6. The number of ketones is 1. The highest BCUT2D eigenvalue weighted by molar-refractivity contribution is 5.96. The Hall–Kier alpha value is -2.67. The van der Waals surface area contributed by atoms with Crippen LogP contribution in [0, 0.1) is 17.8 Å². The summed E-state index contributed by atoms with van der Waals surface area (Å²) >= 11 is 0. The van der Waals surface area contributed by atoms with Gasteiger partial charge in [0.05, 0.1) is 0 Å². The maximum atomic E-state index is 12.4. The first-order valence-corrected chi connectivity index (χ1v) is 14.4. The zero-order chi connectivity index (χ0) is 24.9. The van der Waals surface area contributed by atoms with Crippen LogP contribution in [0.5, 0.6) is 0 Å². The summed E-state index contributed by atoms with van der Waals surface area (Å²) in [6.45, 7) is 4.19. The van der Waals surface area contributed by atoms with Crippen LogP contribution in [0.4, 0.5) is 0 Å². The summed E-state index contributed by atoms with van der Waals surface area (Å²) in [7, 11) is 0. The van der Waals surface area contributed by atoms with E-state index in [-0.39, 0.29) is 5.78 Å². The number of rotatable bonds is 9. The third-order valence-electron chi connectivity index (χ3n) is 8.92. The number of carbonyl (C=O) groups is 1. The van der Waals surface area contributed by atoms with E-state index in [1.54, 1.807) is 18.1 Å². The molecule has 0 aliphatic heterocycles. The minimum atomic E-state index is 0.250. The number of allylic oxidation sites excluding steroid dienone is 6. The lowest BCUT2D eigenvalue weighted by Crippen LogP contribution is -2.21. The molecular formula is C35H42O. The van der Waals surface area contributed by atoms with Crippen LogP contribution in [-0.2, 0) is 11.2 Å². The maximum absolute atomic E-state index is 12.4.